The molecule has 2 aromatic carbocycles. The normalized spacial score (nSPS) is 12.1. The predicted octanol–water partition coefficient (Wildman–Crippen LogP) is 3.96. The molecule has 0 atom stereocenters. The van der Waals surface area contributed by atoms with Gasteiger partial charge >= 0.3 is 5.97 Å². The highest BCUT2D eigenvalue weighted by atomic mass is 32.2. The first-order valence-corrected chi connectivity index (χ1v) is 11.4. The molecule has 5 rings (SSSR count). The van der Waals surface area contributed by atoms with Gasteiger partial charge in [0.1, 0.15) is 11.5 Å². The topological polar surface area (TPSA) is 128 Å². The van der Waals surface area contributed by atoms with Crippen molar-refractivity contribution in [2.75, 3.05) is 19.4 Å². The second-order valence-corrected chi connectivity index (χ2v) is 9.89. The molecule has 33 heavy (non-hydrogen) atoms. The zero-order valence-corrected chi connectivity index (χ0v) is 18.5. The van der Waals surface area contributed by atoms with Crippen molar-refractivity contribution >= 4 is 60.2 Å². The molecule has 0 radical (unpaired) electrons. The van der Waals surface area contributed by atoms with Crippen molar-refractivity contribution in [3.05, 3.63) is 66.5 Å². The van der Waals surface area contributed by atoms with Crippen LogP contribution in [0.3, 0.4) is 0 Å². The predicted molar refractivity (Wildman–Crippen MR) is 126 cm³/mol. The smallest absolute Gasteiger partial charge is 0.335 e. The van der Waals surface area contributed by atoms with Gasteiger partial charge < -0.3 is 15.4 Å². The number of pyridine rings is 2. The molecule has 0 bridgehead atoms. The van der Waals surface area contributed by atoms with Crippen molar-refractivity contribution in [3.63, 3.8) is 0 Å². The van der Waals surface area contributed by atoms with Crippen LogP contribution in [0.4, 0.5) is 11.5 Å². The lowest BCUT2D eigenvalue weighted by Crippen LogP contribution is -2.22. The molecule has 0 saturated heterocycles. The summed E-state index contributed by atoms with van der Waals surface area (Å²) in [5.41, 5.74) is 2.08. The Kier molecular flexibility index (Phi) is 4.76. The number of anilines is 2. The van der Waals surface area contributed by atoms with Gasteiger partial charge in [-0.3, -0.25) is 4.98 Å². The largest absolute Gasteiger partial charge is 0.478 e. The van der Waals surface area contributed by atoms with Crippen LogP contribution in [-0.4, -0.2) is 52.8 Å². The van der Waals surface area contributed by atoms with Crippen LogP contribution in [0.5, 0.6) is 0 Å². The van der Waals surface area contributed by atoms with Crippen LogP contribution in [-0.2, 0) is 10.0 Å². The zero-order chi connectivity index (χ0) is 23.3. The van der Waals surface area contributed by atoms with Crippen molar-refractivity contribution in [2.45, 2.75) is 4.90 Å². The Balaban J connectivity index is 1.74. The van der Waals surface area contributed by atoms with Crippen LogP contribution in [0.1, 0.15) is 10.4 Å². The van der Waals surface area contributed by atoms with Gasteiger partial charge in [0, 0.05) is 48.3 Å². The molecule has 3 N–H and O–H groups in total. The molecule has 0 aliphatic carbocycles. The number of hydrogen-bond acceptors (Lipinski definition) is 6. The average Bonchev–Trinajstić information content (AvgIpc) is 3.17. The van der Waals surface area contributed by atoms with Gasteiger partial charge in [-0.1, -0.05) is 12.1 Å². The number of rotatable bonds is 5. The summed E-state index contributed by atoms with van der Waals surface area (Å²) < 4.78 is 26.2. The lowest BCUT2D eigenvalue weighted by atomic mass is 10.0. The molecule has 9 nitrogen and oxygen atoms in total. The lowest BCUT2D eigenvalue weighted by Gasteiger charge is -2.14. The number of aromatic nitrogens is 3. The summed E-state index contributed by atoms with van der Waals surface area (Å²) in [7, 11) is -0.684. The highest BCUT2D eigenvalue weighted by Gasteiger charge is 2.19. The minimum absolute atomic E-state index is 0.119. The van der Waals surface area contributed by atoms with Gasteiger partial charge in [-0.2, -0.15) is 0 Å². The summed E-state index contributed by atoms with van der Waals surface area (Å²) >= 11 is 0. The van der Waals surface area contributed by atoms with Crippen molar-refractivity contribution in [1.29, 1.82) is 0 Å². The number of nitrogens with one attached hydrogen (secondary N) is 2. The Morgan fingerprint density at radius 1 is 1.06 bits per heavy atom. The van der Waals surface area contributed by atoms with E-state index in [0.717, 1.165) is 26.0 Å². The fourth-order valence-corrected chi connectivity index (χ4v) is 4.77. The Labute approximate surface area is 188 Å². The molecular formula is C23H19N5O4S. The molecule has 0 fully saturated rings. The lowest BCUT2D eigenvalue weighted by molar-refractivity contribution is 0.0697. The van der Waals surface area contributed by atoms with E-state index >= 15 is 0 Å². The van der Waals surface area contributed by atoms with E-state index in [1.807, 2.05) is 6.07 Å². The third-order valence-corrected chi connectivity index (χ3v) is 7.28. The number of fused-ring (bicyclic) bond motifs is 5. The molecule has 10 heteroatoms. The van der Waals surface area contributed by atoms with Crippen LogP contribution >= 0.6 is 0 Å². The summed E-state index contributed by atoms with van der Waals surface area (Å²) in [6.07, 6.45) is 3.42. The van der Waals surface area contributed by atoms with Gasteiger partial charge in [-0.05, 0) is 41.8 Å². The van der Waals surface area contributed by atoms with E-state index in [0.29, 0.717) is 22.5 Å². The number of aromatic carboxylic acids is 1. The number of H-pyrrole nitrogens is 1. The Morgan fingerprint density at radius 2 is 1.88 bits per heavy atom. The number of sulfonamides is 1. The van der Waals surface area contributed by atoms with Crippen LogP contribution in [0.15, 0.2) is 65.8 Å². The minimum Gasteiger partial charge on any atom is -0.478 e. The Hall–Kier alpha value is -4.02. The van der Waals surface area contributed by atoms with Crippen LogP contribution in [0, 0.1) is 0 Å². The average molecular weight is 462 g/mol. The second kappa shape index (κ2) is 7.54. The van der Waals surface area contributed by atoms with E-state index in [1.165, 1.54) is 26.2 Å². The number of nitrogens with zero attached hydrogens (tertiary/aromatic N) is 3. The van der Waals surface area contributed by atoms with E-state index < -0.39 is 16.0 Å². The van der Waals surface area contributed by atoms with Crippen molar-refractivity contribution in [2.24, 2.45) is 0 Å². The number of carbonyl (C=O) groups is 1. The van der Waals surface area contributed by atoms with Crippen molar-refractivity contribution in [1.82, 2.24) is 19.3 Å². The molecule has 5 aromatic rings. The molecule has 3 aromatic heterocycles. The van der Waals surface area contributed by atoms with Crippen molar-refractivity contribution < 1.29 is 18.3 Å². The summed E-state index contributed by atoms with van der Waals surface area (Å²) in [6.45, 7) is 0. The van der Waals surface area contributed by atoms with Crippen LogP contribution in [0.2, 0.25) is 0 Å². The summed E-state index contributed by atoms with van der Waals surface area (Å²) in [5, 5.41) is 15.8. The monoisotopic (exact) mass is 461 g/mol. The van der Waals surface area contributed by atoms with Gasteiger partial charge in [0.25, 0.3) is 0 Å². The third kappa shape index (κ3) is 3.45. The molecule has 0 unspecified atom stereocenters. The van der Waals surface area contributed by atoms with Gasteiger partial charge in [0.15, 0.2) is 0 Å². The summed E-state index contributed by atoms with van der Waals surface area (Å²) in [6, 6.07) is 13.1. The zero-order valence-electron chi connectivity index (χ0n) is 17.7. The first kappa shape index (κ1) is 20.9. The highest BCUT2D eigenvalue weighted by Crippen LogP contribution is 2.36. The standard InChI is InChI=1S/C23H19N5O4S/c1-28(2)33(31,32)15-5-3-4-14(11-15)25-21-17-10-13(23(29)30)6-7-16(17)20-18-12-24-9-8-19(18)26-22(20)27-21/h3-12H,1-2H3,(H,29,30)(H2,25,26,27). The highest BCUT2D eigenvalue weighted by molar-refractivity contribution is 7.89. The maximum atomic E-state index is 12.5. The summed E-state index contributed by atoms with van der Waals surface area (Å²) in [5.74, 6) is -0.651. The Morgan fingerprint density at radius 3 is 2.64 bits per heavy atom. The fourth-order valence-electron chi connectivity index (χ4n) is 3.82. The van der Waals surface area contributed by atoms with Gasteiger partial charge in [-0.25, -0.2) is 22.5 Å². The van der Waals surface area contributed by atoms with E-state index in [9.17, 15) is 18.3 Å². The quantitative estimate of drug-likeness (QED) is 0.361. The number of aromatic amines is 1. The van der Waals surface area contributed by atoms with Crippen molar-refractivity contribution in [3.8, 4) is 0 Å². The van der Waals surface area contributed by atoms with E-state index in [1.54, 1.807) is 42.7 Å². The van der Waals surface area contributed by atoms with Gasteiger partial charge in [0.2, 0.25) is 10.0 Å². The van der Waals surface area contributed by atoms with Gasteiger partial charge in [-0.15, -0.1) is 0 Å². The maximum Gasteiger partial charge on any atom is 0.335 e. The molecule has 3 heterocycles. The number of hydrogen-bond donors (Lipinski definition) is 3. The molecule has 0 amide bonds. The van der Waals surface area contributed by atoms with Crippen LogP contribution < -0.4 is 5.32 Å². The number of carboxylic acid groups (broad SMARTS) is 1. The molecule has 0 aliphatic rings. The first-order chi connectivity index (χ1) is 15.8. The molecule has 0 aliphatic heterocycles. The SMILES string of the molecule is CN(C)S(=O)(=O)c1cccc(Nc2nc3[nH]c4ccncc4c3c3ccc(C(=O)O)cc23)c1. The molecular weight excluding hydrogens is 442 g/mol. The fraction of sp³-hybridized carbons (Fsp3) is 0.0870. The Bertz CT molecular complexity index is 1680. The van der Waals surface area contributed by atoms with E-state index in [-0.39, 0.29) is 10.5 Å². The molecule has 166 valence electrons. The number of benzene rings is 2. The third-order valence-electron chi connectivity index (χ3n) is 5.47. The molecule has 0 spiro atoms. The van der Waals surface area contributed by atoms with Gasteiger partial charge in [0.05, 0.1) is 16.0 Å². The van der Waals surface area contributed by atoms with E-state index in [4.69, 9.17) is 4.98 Å². The van der Waals surface area contributed by atoms with E-state index in [2.05, 4.69) is 15.3 Å². The maximum absolute atomic E-state index is 12.5. The minimum atomic E-state index is -3.62. The molecule has 0 saturated carbocycles. The van der Waals surface area contributed by atoms with Crippen LogP contribution in [0.25, 0.3) is 32.7 Å². The second-order valence-electron chi connectivity index (χ2n) is 7.74. The summed E-state index contributed by atoms with van der Waals surface area (Å²) in [4.78, 5) is 24.0. The number of carboxylic acids is 1. The first-order valence-electron chi connectivity index (χ1n) is 9.98.